The summed E-state index contributed by atoms with van der Waals surface area (Å²) in [6, 6.07) is 6.74. The van der Waals surface area contributed by atoms with Gasteiger partial charge < -0.3 is 11.5 Å². The first kappa shape index (κ1) is 11.5. The summed E-state index contributed by atoms with van der Waals surface area (Å²) in [6.45, 7) is 0. The summed E-state index contributed by atoms with van der Waals surface area (Å²) in [4.78, 5) is 21.9. The van der Waals surface area contributed by atoms with E-state index in [1.165, 1.54) is 0 Å². The minimum Gasteiger partial charge on any atom is -0.370 e. The van der Waals surface area contributed by atoms with E-state index in [0.717, 1.165) is 0 Å². The van der Waals surface area contributed by atoms with Crippen molar-refractivity contribution in [1.82, 2.24) is 0 Å². The predicted octanol–water partition coefficient (Wildman–Crippen LogP) is 0.784. The number of hydrogen-bond donors (Lipinski definition) is 2. The molecule has 1 aromatic rings. The fourth-order valence-corrected chi connectivity index (χ4v) is 1.59. The van der Waals surface area contributed by atoms with E-state index in [1.807, 2.05) is 0 Å². The number of benzene rings is 1. The average molecular weight is 227 g/mol. The van der Waals surface area contributed by atoms with Crippen LogP contribution in [-0.4, -0.2) is 11.8 Å². The molecule has 0 aliphatic carbocycles. The molecule has 80 valence electrons. The third-order valence-electron chi connectivity index (χ3n) is 2.03. The molecule has 2 amide bonds. The van der Waals surface area contributed by atoms with Gasteiger partial charge in [-0.2, -0.15) is 0 Å². The molecular weight excluding hydrogens is 216 g/mol. The van der Waals surface area contributed by atoms with Gasteiger partial charge in [0.15, 0.2) is 0 Å². The number of hydrogen-bond acceptors (Lipinski definition) is 2. The Kier molecular flexibility index (Phi) is 3.68. The molecule has 0 saturated heterocycles. The van der Waals surface area contributed by atoms with Gasteiger partial charge in [-0.3, -0.25) is 9.59 Å². The molecule has 5 heteroatoms. The first-order chi connectivity index (χ1) is 7.02. The van der Waals surface area contributed by atoms with Crippen molar-refractivity contribution in [2.24, 2.45) is 11.5 Å². The van der Waals surface area contributed by atoms with Gasteiger partial charge >= 0.3 is 0 Å². The maximum absolute atomic E-state index is 11.1. The van der Waals surface area contributed by atoms with Crippen molar-refractivity contribution in [3.05, 3.63) is 34.9 Å². The monoisotopic (exact) mass is 226 g/mol. The lowest BCUT2D eigenvalue weighted by molar-refractivity contribution is -0.124. The van der Waals surface area contributed by atoms with Gasteiger partial charge in [0.2, 0.25) is 11.8 Å². The summed E-state index contributed by atoms with van der Waals surface area (Å²) in [5.74, 6) is -1.95. The molecule has 4 nitrogen and oxygen atoms in total. The quantitative estimate of drug-likeness (QED) is 0.795. The molecule has 0 aliphatic rings. The SMILES string of the molecule is NC(=O)C[C@@H](C(N)=O)c1ccccc1Cl. The van der Waals surface area contributed by atoms with Crippen LogP contribution in [0.2, 0.25) is 5.02 Å². The lowest BCUT2D eigenvalue weighted by atomic mass is 9.95. The molecule has 15 heavy (non-hydrogen) atoms. The maximum atomic E-state index is 11.1. The molecule has 0 radical (unpaired) electrons. The van der Waals surface area contributed by atoms with E-state index in [9.17, 15) is 9.59 Å². The first-order valence-electron chi connectivity index (χ1n) is 4.34. The van der Waals surface area contributed by atoms with Crippen LogP contribution in [0.15, 0.2) is 24.3 Å². The van der Waals surface area contributed by atoms with Crippen molar-refractivity contribution in [2.75, 3.05) is 0 Å². The summed E-state index contributed by atoms with van der Waals surface area (Å²) in [5, 5.41) is 0.405. The van der Waals surface area contributed by atoms with Crippen LogP contribution in [0.1, 0.15) is 17.9 Å². The highest BCUT2D eigenvalue weighted by Crippen LogP contribution is 2.26. The molecule has 1 rings (SSSR count). The highest BCUT2D eigenvalue weighted by Gasteiger charge is 2.22. The van der Waals surface area contributed by atoms with E-state index in [2.05, 4.69) is 0 Å². The van der Waals surface area contributed by atoms with Crippen LogP contribution in [0, 0.1) is 0 Å². The Morgan fingerprint density at radius 3 is 2.33 bits per heavy atom. The van der Waals surface area contributed by atoms with Gasteiger partial charge in [-0.05, 0) is 11.6 Å². The van der Waals surface area contributed by atoms with Crippen LogP contribution in [0.5, 0.6) is 0 Å². The van der Waals surface area contributed by atoms with Crippen molar-refractivity contribution < 1.29 is 9.59 Å². The van der Waals surface area contributed by atoms with E-state index in [1.54, 1.807) is 24.3 Å². The highest BCUT2D eigenvalue weighted by molar-refractivity contribution is 6.31. The second-order valence-electron chi connectivity index (χ2n) is 3.15. The summed E-state index contributed by atoms with van der Waals surface area (Å²) in [5.41, 5.74) is 10.7. The van der Waals surface area contributed by atoms with E-state index < -0.39 is 17.7 Å². The van der Waals surface area contributed by atoms with Gasteiger partial charge in [0.1, 0.15) is 0 Å². The Hall–Kier alpha value is -1.55. The molecule has 0 bridgehead atoms. The number of carbonyl (C=O) groups is 2. The van der Waals surface area contributed by atoms with Crippen LogP contribution >= 0.6 is 11.6 Å². The Morgan fingerprint density at radius 1 is 1.27 bits per heavy atom. The van der Waals surface area contributed by atoms with Crippen LogP contribution < -0.4 is 11.5 Å². The zero-order chi connectivity index (χ0) is 11.4. The van der Waals surface area contributed by atoms with Crippen LogP contribution in [0.25, 0.3) is 0 Å². The summed E-state index contributed by atoms with van der Waals surface area (Å²) < 4.78 is 0. The summed E-state index contributed by atoms with van der Waals surface area (Å²) in [6.07, 6.45) is -0.126. The lowest BCUT2D eigenvalue weighted by Crippen LogP contribution is -2.26. The van der Waals surface area contributed by atoms with E-state index in [-0.39, 0.29) is 6.42 Å². The Morgan fingerprint density at radius 2 is 1.87 bits per heavy atom. The molecule has 0 aromatic heterocycles. The topological polar surface area (TPSA) is 86.2 Å². The molecular formula is C10H11ClN2O2. The molecule has 0 fully saturated rings. The normalized spacial score (nSPS) is 12.1. The lowest BCUT2D eigenvalue weighted by Gasteiger charge is -2.12. The highest BCUT2D eigenvalue weighted by atomic mass is 35.5. The van der Waals surface area contributed by atoms with E-state index in [0.29, 0.717) is 10.6 Å². The van der Waals surface area contributed by atoms with Crippen LogP contribution in [-0.2, 0) is 9.59 Å². The number of carbonyl (C=O) groups excluding carboxylic acids is 2. The molecule has 1 aromatic carbocycles. The van der Waals surface area contributed by atoms with Crippen molar-refractivity contribution in [2.45, 2.75) is 12.3 Å². The van der Waals surface area contributed by atoms with Crippen molar-refractivity contribution >= 4 is 23.4 Å². The zero-order valence-electron chi connectivity index (χ0n) is 7.94. The molecule has 0 aliphatic heterocycles. The molecule has 0 spiro atoms. The maximum Gasteiger partial charge on any atom is 0.225 e. The fourth-order valence-electron chi connectivity index (χ4n) is 1.32. The summed E-state index contributed by atoms with van der Waals surface area (Å²) >= 11 is 5.89. The van der Waals surface area contributed by atoms with Gasteiger partial charge in [0.05, 0.1) is 5.92 Å². The molecule has 0 heterocycles. The van der Waals surface area contributed by atoms with Gasteiger partial charge in [0.25, 0.3) is 0 Å². The number of nitrogens with two attached hydrogens (primary N) is 2. The standard InChI is InChI=1S/C10H11ClN2O2/c11-8-4-2-1-3-6(8)7(10(13)15)5-9(12)14/h1-4,7H,5H2,(H2,12,14)(H2,13,15)/t7-/m1/s1. The number of primary amides is 2. The van der Waals surface area contributed by atoms with Crippen LogP contribution in [0.3, 0.4) is 0 Å². The van der Waals surface area contributed by atoms with Gasteiger partial charge in [-0.25, -0.2) is 0 Å². The number of halogens is 1. The second-order valence-corrected chi connectivity index (χ2v) is 3.55. The van der Waals surface area contributed by atoms with Crippen molar-refractivity contribution in [3.63, 3.8) is 0 Å². The molecule has 1 atom stereocenters. The minimum absolute atomic E-state index is 0.126. The predicted molar refractivity (Wildman–Crippen MR) is 57.2 cm³/mol. The number of rotatable bonds is 4. The van der Waals surface area contributed by atoms with E-state index in [4.69, 9.17) is 23.1 Å². The fraction of sp³-hybridized carbons (Fsp3) is 0.200. The van der Waals surface area contributed by atoms with Gasteiger partial charge in [0, 0.05) is 11.4 Å². The molecule has 0 unspecified atom stereocenters. The average Bonchev–Trinajstić information content (AvgIpc) is 2.15. The zero-order valence-corrected chi connectivity index (χ0v) is 8.70. The Bertz CT molecular complexity index is 393. The Labute approximate surface area is 92.2 Å². The van der Waals surface area contributed by atoms with Crippen molar-refractivity contribution in [3.8, 4) is 0 Å². The summed E-state index contributed by atoms with van der Waals surface area (Å²) in [7, 11) is 0. The van der Waals surface area contributed by atoms with Gasteiger partial charge in [-0.1, -0.05) is 29.8 Å². The van der Waals surface area contributed by atoms with Crippen LogP contribution in [0.4, 0.5) is 0 Å². The van der Waals surface area contributed by atoms with Gasteiger partial charge in [-0.15, -0.1) is 0 Å². The smallest absolute Gasteiger partial charge is 0.225 e. The third kappa shape index (κ3) is 2.95. The largest absolute Gasteiger partial charge is 0.370 e. The third-order valence-corrected chi connectivity index (χ3v) is 2.37. The minimum atomic E-state index is -0.754. The second kappa shape index (κ2) is 4.79. The van der Waals surface area contributed by atoms with E-state index >= 15 is 0 Å². The number of amides is 2. The molecule has 4 N–H and O–H groups in total. The Balaban J connectivity index is 3.04. The first-order valence-corrected chi connectivity index (χ1v) is 4.72. The molecule has 0 saturated carbocycles. The van der Waals surface area contributed by atoms with Crippen molar-refractivity contribution in [1.29, 1.82) is 0 Å².